The van der Waals surface area contributed by atoms with Crippen LogP contribution in [0.2, 0.25) is 0 Å². The van der Waals surface area contributed by atoms with Gasteiger partial charge in [-0.3, -0.25) is 5.10 Å². The van der Waals surface area contributed by atoms with E-state index >= 15 is 0 Å². The van der Waals surface area contributed by atoms with E-state index < -0.39 is 0 Å². The van der Waals surface area contributed by atoms with Gasteiger partial charge in [0.05, 0.1) is 17.9 Å². The van der Waals surface area contributed by atoms with Gasteiger partial charge in [0.15, 0.2) is 0 Å². The highest BCUT2D eigenvalue weighted by atomic mass is 16.5. The van der Waals surface area contributed by atoms with Crippen LogP contribution in [0.4, 0.5) is 0 Å². The number of hydrogen-bond acceptors (Lipinski definition) is 3. The smallest absolute Gasteiger partial charge is 0.0741 e. The molecule has 3 heterocycles. The average molecular weight is 450 g/mol. The molecule has 1 aromatic rings. The van der Waals surface area contributed by atoms with Crippen molar-refractivity contribution in [2.75, 3.05) is 13.6 Å². The molecular formula is C29H43N3O. The normalized spacial score (nSPS) is 49.3. The van der Waals surface area contributed by atoms with Crippen LogP contribution in [0.25, 0.3) is 0 Å². The maximum absolute atomic E-state index is 7.04. The first-order valence-electron chi connectivity index (χ1n) is 13.9. The number of hydrogen-bond donors (Lipinski definition) is 1. The summed E-state index contributed by atoms with van der Waals surface area (Å²) in [6.07, 6.45) is 15.6. The van der Waals surface area contributed by atoms with Crippen LogP contribution < -0.4 is 0 Å². The van der Waals surface area contributed by atoms with Gasteiger partial charge in [-0.2, -0.15) is 5.10 Å². The van der Waals surface area contributed by atoms with Crippen molar-refractivity contribution in [1.82, 2.24) is 15.1 Å². The fourth-order valence-corrected chi connectivity index (χ4v) is 10.1. The molecule has 1 N–H and O–H groups in total. The molecule has 2 saturated carbocycles. The summed E-state index contributed by atoms with van der Waals surface area (Å²) in [5.74, 6) is 4.17. The molecule has 2 saturated heterocycles. The van der Waals surface area contributed by atoms with Crippen molar-refractivity contribution >= 4 is 0 Å². The van der Waals surface area contributed by atoms with Gasteiger partial charge < -0.3 is 9.64 Å². The molecule has 1 aromatic heterocycles. The zero-order chi connectivity index (χ0) is 22.5. The van der Waals surface area contributed by atoms with E-state index in [1.807, 2.05) is 5.57 Å². The van der Waals surface area contributed by atoms with Crippen LogP contribution in [0.5, 0.6) is 0 Å². The summed E-state index contributed by atoms with van der Waals surface area (Å²) in [6, 6.07) is 0.644. The highest BCUT2D eigenvalue weighted by molar-refractivity contribution is 5.31. The molecule has 0 amide bonds. The monoisotopic (exact) mass is 449 g/mol. The van der Waals surface area contributed by atoms with Gasteiger partial charge in [0, 0.05) is 18.3 Å². The quantitative estimate of drug-likeness (QED) is 0.528. The summed E-state index contributed by atoms with van der Waals surface area (Å²) in [6.45, 7) is 8.78. The van der Waals surface area contributed by atoms with Gasteiger partial charge in [0.2, 0.25) is 0 Å². The summed E-state index contributed by atoms with van der Waals surface area (Å²) in [5.41, 5.74) is 7.07. The fraction of sp³-hybridized carbons (Fsp3) is 0.828. The van der Waals surface area contributed by atoms with Crippen LogP contribution in [-0.2, 0) is 17.6 Å². The first-order chi connectivity index (χ1) is 15.9. The third kappa shape index (κ3) is 3.05. The number of H-pyrrole nitrogens is 1. The third-order valence-electron chi connectivity index (χ3n) is 11.6. The summed E-state index contributed by atoms with van der Waals surface area (Å²) in [4.78, 5) is 2.62. The molecule has 4 aliphatic carbocycles. The van der Waals surface area contributed by atoms with Crippen molar-refractivity contribution in [1.29, 1.82) is 0 Å². The Labute approximate surface area is 199 Å². The van der Waals surface area contributed by atoms with Crippen LogP contribution in [0.15, 0.2) is 17.3 Å². The van der Waals surface area contributed by atoms with E-state index in [-0.39, 0.29) is 5.60 Å². The van der Waals surface area contributed by atoms with Crippen LogP contribution in [-0.4, -0.2) is 46.4 Å². The Morgan fingerprint density at radius 1 is 1.18 bits per heavy atom. The van der Waals surface area contributed by atoms with Crippen molar-refractivity contribution in [3.63, 3.8) is 0 Å². The second-order valence-electron chi connectivity index (χ2n) is 13.5. The minimum atomic E-state index is 0.113. The van der Waals surface area contributed by atoms with Gasteiger partial charge in [-0.1, -0.05) is 25.0 Å². The van der Waals surface area contributed by atoms with Crippen LogP contribution >= 0.6 is 0 Å². The zero-order valence-electron chi connectivity index (χ0n) is 21.2. The Morgan fingerprint density at radius 3 is 2.94 bits per heavy atom. The minimum Gasteiger partial charge on any atom is -0.370 e. The maximum Gasteiger partial charge on any atom is 0.0741 e. The Bertz CT molecular complexity index is 981. The number of ether oxygens (including phenoxy) is 1. The maximum atomic E-state index is 7.04. The molecule has 4 fully saturated rings. The molecule has 180 valence electrons. The number of likely N-dealkylation sites (tertiary alicyclic amines) is 1. The van der Waals surface area contributed by atoms with E-state index in [4.69, 9.17) is 4.74 Å². The SMILES string of the molecule is CC1=C2CC3C(CCC4Cc5[nH]ncc5CC43C)C2CCC2(C1)CC1C(CC(C)CN1C)O2. The van der Waals surface area contributed by atoms with Gasteiger partial charge in [0.1, 0.15) is 0 Å². The molecule has 33 heavy (non-hydrogen) atoms. The molecule has 9 atom stereocenters. The van der Waals surface area contributed by atoms with Crippen LogP contribution in [0.3, 0.4) is 0 Å². The van der Waals surface area contributed by atoms with Gasteiger partial charge in [-0.25, -0.2) is 0 Å². The Morgan fingerprint density at radius 2 is 2.06 bits per heavy atom. The number of likely N-dealkylation sites (N-methyl/N-ethyl adjacent to an activating group) is 1. The Hall–Kier alpha value is -1.13. The summed E-state index contributed by atoms with van der Waals surface area (Å²) < 4.78 is 7.04. The molecule has 2 aliphatic heterocycles. The fourth-order valence-electron chi connectivity index (χ4n) is 10.1. The van der Waals surface area contributed by atoms with E-state index in [1.54, 1.807) is 5.57 Å². The number of aromatic nitrogens is 2. The van der Waals surface area contributed by atoms with Gasteiger partial charge in [-0.15, -0.1) is 0 Å². The lowest BCUT2D eigenvalue weighted by Gasteiger charge is -2.52. The molecule has 6 aliphatic rings. The molecule has 9 unspecified atom stereocenters. The summed E-state index contributed by atoms with van der Waals surface area (Å²) >= 11 is 0. The molecule has 1 spiro atoms. The van der Waals surface area contributed by atoms with E-state index in [1.165, 1.54) is 82.0 Å². The lowest BCUT2D eigenvalue weighted by atomic mass is 9.52. The molecule has 4 heteroatoms. The first-order valence-corrected chi connectivity index (χ1v) is 13.9. The lowest BCUT2D eigenvalue weighted by Crippen LogP contribution is -2.47. The van der Waals surface area contributed by atoms with Crippen molar-refractivity contribution in [2.45, 2.75) is 103 Å². The van der Waals surface area contributed by atoms with Gasteiger partial charge in [-0.05, 0) is 119 Å². The molecule has 0 aromatic carbocycles. The van der Waals surface area contributed by atoms with Crippen molar-refractivity contribution in [3.8, 4) is 0 Å². The Kier molecular flexibility index (Phi) is 4.62. The topological polar surface area (TPSA) is 41.2 Å². The average Bonchev–Trinajstić information content (AvgIpc) is 3.43. The number of fused-ring (bicyclic) bond motifs is 7. The van der Waals surface area contributed by atoms with E-state index in [2.05, 4.69) is 49.1 Å². The molecule has 7 rings (SSSR count). The molecular weight excluding hydrogens is 406 g/mol. The highest BCUT2D eigenvalue weighted by Gasteiger charge is 2.58. The van der Waals surface area contributed by atoms with Crippen LogP contribution in [0.1, 0.15) is 83.4 Å². The number of nitrogens with one attached hydrogen (secondary N) is 1. The molecule has 4 nitrogen and oxygen atoms in total. The van der Waals surface area contributed by atoms with E-state index in [0.717, 1.165) is 29.6 Å². The Balaban J connectivity index is 1.17. The number of piperidine rings is 1. The van der Waals surface area contributed by atoms with Crippen molar-refractivity contribution < 1.29 is 4.74 Å². The van der Waals surface area contributed by atoms with Gasteiger partial charge in [0.25, 0.3) is 0 Å². The van der Waals surface area contributed by atoms with Gasteiger partial charge >= 0.3 is 0 Å². The standard InChI is InChI=1S/C29H43N3O/c1-17-9-27-26(32(4)16-17)14-29(33-27)8-7-21-22-6-5-20-10-25-19(15-30-31-25)13-28(20,3)24(22)11-23(21)18(2)12-29/h15,17,20-22,24,26-27H,5-14,16H2,1-4H3,(H,30,31). The van der Waals surface area contributed by atoms with E-state index in [9.17, 15) is 0 Å². The second-order valence-corrected chi connectivity index (χ2v) is 13.5. The highest BCUT2D eigenvalue weighted by Crippen LogP contribution is 2.64. The zero-order valence-corrected chi connectivity index (χ0v) is 21.2. The third-order valence-corrected chi connectivity index (χ3v) is 11.6. The lowest BCUT2D eigenvalue weighted by molar-refractivity contribution is -0.0722. The number of nitrogens with zero attached hydrogens (tertiary/aromatic N) is 2. The second kappa shape index (κ2) is 7.20. The molecule has 0 bridgehead atoms. The first kappa shape index (κ1) is 21.2. The summed E-state index contributed by atoms with van der Waals surface area (Å²) in [7, 11) is 2.34. The number of rotatable bonds is 0. The predicted molar refractivity (Wildman–Crippen MR) is 131 cm³/mol. The number of allylic oxidation sites excluding steroid dienone is 1. The molecule has 0 radical (unpaired) electrons. The van der Waals surface area contributed by atoms with Crippen LogP contribution in [0, 0.1) is 35.0 Å². The minimum absolute atomic E-state index is 0.113. The summed E-state index contributed by atoms with van der Waals surface area (Å²) in [5, 5.41) is 7.72. The van der Waals surface area contributed by atoms with Crippen molar-refractivity contribution in [2.24, 2.45) is 35.0 Å². The van der Waals surface area contributed by atoms with Crippen molar-refractivity contribution in [3.05, 3.63) is 28.6 Å². The number of aromatic amines is 1. The predicted octanol–water partition coefficient (Wildman–Crippen LogP) is 5.55. The van der Waals surface area contributed by atoms with E-state index in [0.29, 0.717) is 17.6 Å². The largest absolute Gasteiger partial charge is 0.370 e.